The van der Waals surface area contributed by atoms with Crippen LogP contribution in [0, 0.1) is 0 Å². The first-order valence-corrected chi connectivity index (χ1v) is 5.79. The molecule has 0 aliphatic heterocycles. The van der Waals surface area contributed by atoms with Gasteiger partial charge in [0.1, 0.15) is 0 Å². The molecule has 1 fully saturated rings. The van der Waals surface area contributed by atoms with E-state index in [9.17, 15) is 0 Å². The Balaban J connectivity index is 1.86. The number of hydrogen-bond acceptors (Lipinski definition) is 4. The SMILES string of the molecule is COC1(CC(N)Cc2cn(C)nn2)CCC1. The summed E-state index contributed by atoms with van der Waals surface area (Å²) < 4.78 is 7.27. The summed E-state index contributed by atoms with van der Waals surface area (Å²) in [5.41, 5.74) is 7.13. The lowest BCUT2D eigenvalue weighted by Crippen LogP contribution is -2.45. The highest BCUT2D eigenvalue weighted by atomic mass is 16.5. The van der Waals surface area contributed by atoms with Gasteiger partial charge >= 0.3 is 0 Å². The first kappa shape index (κ1) is 11.5. The fourth-order valence-corrected chi connectivity index (χ4v) is 2.37. The average Bonchev–Trinajstić information content (AvgIpc) is 2.57. The third-order valence-electron chi connectivity index (χ3n) is 3.45. The first-order valence-electron chi connectivity index (χ1n) is 5.79. The second-order valence-corrected chi connectivity index (χ2v) is 4.79. The Morgan fingerprint density at radius 2 is 2.38 bits per heavy atom. The zero-order chi connectivity index (χ0) is 11.6. The molecule has 0 saturated heterocycles. The molecule has 5 heteroatoms. The first-order chi connectivity index (χ1) is 7.63. The van der Waals surface area contributed by atoms with Crippen LogP contribution in [-0.2, 0) is 18.2 Å². The second-order valence-electron chi connectivity index (χ2n) is 4.79. The van der Waals surface area contributed by atoms with Crippen LogP contribution in [0.15, 0.2) is 6.20 Å². The highest BCUT2D eigenvalue weighted by molar-refractivity contribution is 4.99. The van der Waals surface area contributed by atoms with E-state index in [1.807, 2.05) is 13.2 Å². The Kier molecular flexibility index (Phi) is 3.25. The van der Waals surface area contributed by atoms with Crippen molar-refractivity contribution >= 4 is 0 Å². The number of nitrogens with zero attached hydrogens (tertiary/aromatic N) is 3. The Morgan fingerprint density at radius 3 is 2.81 bits per heavy atom. The molecule has 0 aromatic carbocycles. The molecule has 1 saturated carbocycles. The topological polar surface area (TPSA) is 66.0 Å². The van der Waals surface area contributed by atoms with E-state index in [2.05, 4.69) is 10.3 Å². The van der Waals surface area contributed by atoms with E-state index in [1.165, 1.54) is 6.42 Å². The van der Waals surface area contributed by atoms with Crippen LogP contribution in [0.4, 0.5) is 0 Å². The van der Waals surface area contributed by atoms with Gasteiger partial charge in [-0.05, 0) is 25.7 Å². The van der Waals surface area contributed by atoms with Gasteiger partial charge in [-0.25, -0.2) is 0 Å². The molecule has 1 aliphatic carbocycles. The van der Waals surface area contributed by atoms with Crippen molar-refractivity contribution in [1.82, 2.24) is 15.0 Å². The molecule has 2 N–H and O–H groups in total. The molecule has 1 aromatic heterocycles. The Morgan fingerprint density at radius 1 is 1.62 bits per heavy atom. The van der Waals surface area contributed by atoms with E-state index >= 15 is 0 Å². The number of ether oxygens (including phenoxy) is 1. The summed E-state index contributed by atoms with van der Waals surface area (Å²) in [5.74, 6) is 0. The summed E-state index contributed by atoms with van der Waals surface area (Å²) in [7, 11) is 3.65. The third-order valence-corrected chi connectivity index (χ3v) is 3.45. The number of methoxy groups -OCH3 is 1. The van der Waals surface area contributed by atoms with Crippen LogP contribution in [0.1, 0.15) is 31.4 Å². The van der Waals surface area contributed by atoms with Crippen molar-refractivity contribution in [2.75, 3.05) is 7.11 Å². The zero-order valence-corrected chi connectivity index (χ0v) is 10.0. The van der Waals surface area contributed by atoms with Crippen LogP contribution < -0.4 is 5.73 Å². The fourth-order valence-electron chi connectivity index (χ4n) is 2.37. The average molecular weight is 224 g/mol. The minimum atomic E-state index is 0.0433. The van der Waals surface area contributed by atoms with Gasteiger partial charge in [0.15, 0.2) is 0 Å². The van der Waals surface area contributed by atoms with Crippen molar-refractivity contribution in [3.63, 3.8) is 0 Å². The van der Waals surface area contributed by atoms with E-state index in [-0.39, 0.29) is 11.6 Å². The van der Waals surface area contributed by atoms with Crippen molar-refractivity contribution in [1.29, 1.82) is 0 Å². The predicted molar refractivity (Wildman–Crippen MR) is 60.9 cm³/mol. The van der Waals surface area contributed by atoms with Gasteiger partial charge in [-0.2, -0.15) is 0 Å². The van der Waals surface area contributed by atoms with Crippen LogP contribution in [0.2, 0.25) is 0 Å². The number of hydrogen-bond donors (Lipinski definition) is 1. The van der Waals surface area contributed by atoms with Gasteiger partial charge in [-0.3, -0.25) is 4.68 Å². The Hall–Kier alpha value is -0.940. The molecular weight excluding hydrogens is 204 g/mol. The smallest absolute Gasteiger partial charge is 0.0842 e. The summed E-state index contributed by atoms with van der Waals surface area (Å²) >= 11 is 0. The molecule has 0 radical (unpaired) electrons. The van der Waals surface area contributed by atoms with Crippen LogP contribution in [0.25, 0.3) is 0 Å². The molecule has 0 amide bonds. The van der Waals surface area contributed by atoms with E-state index in [0.29, 0.717) is 0 Å². The number of nitrogens with two attached hydrogens (primary N) is 1. The van der Waals surface area contributed by atoms with Crippen molar-refractivity contribution in [3.05, 3.63) is 11.9 Å². The second kappa shape index (κ2) is 4.51. The molecule has 5 nitrogen and oxygen atoms in total. The number of aryl methyl sites for hydroxylation is 1. The summed E-state index contributed by atoms with van der Waals surface area (Å²) in [6.45, 7) is 0. The van der Waals surface area contributed by atoms with Gasteiger partial charge in [-0.1, -0.05) is 5.21 Å². The van der Waals surface area contributed by atoms with Crippen LogP contribution in [0.5, 0.6) is 0 Å². The number of rotatable bonds is 5. The molecule has 16 heavy (non-hydrogen) atoms. The van der Waals surface area contributed by atoms with Crippen molar-refractivity contribution in [2.24, 2.45) is 12.8 Å². The maximum absolute atomic E-state index is 6.13. The van der Waals surface area contributed by atoms with Crippen LogP contribution in [0.3, 0.4) is 0 Å². The third kappa shape index (κ3) is 2.41. The number of aromatic nitrogens is 3. The molecule has 90 valence electrons. The lowest BCUT2D eigenvalue weighted by atomic mass is 9.75. The minimum Gasteiger partial charge on any atom is -0.378 e. The van der Waals surface area contributed by atoms with Gasteiger partial charge in [0.05, 0.1) is 11.3 Å². The monoisotopic (exact) mass is 224 g/mol. The van der Waals surface area contributed by atoms with Gasteiger partial charge in [0.2, 0.25) is 0 Å². The fraction of sp³-hybridized carbons (Fsp3) is 0.818. The molecule has 0 bridgehead atoms. The highest BCUT2D eigenvalue weighted by Gasteiger charge is 2.38. The molecule has 1 heterocycles. The van der Waals surface area contributed by atoms with Crippen LogP contribution >= 0.6 is 0 Å². The lowest BCUT2D eigenvalue weighted by molar-refractivity contribution is -0.0813. The molecule has 1 atom stereocenters. The van der Waals surface area contributed by atoms with E-state index in [1.54, 1.807) is 11.8 Å². The van der Waals surface area contributed by atoms with Crippen molar-refractivity contribution in [3.8, 4) is 0 Å². The van der Waals surface area contributed by atoms with E-state index in [0.717, 1.165) is 31.4 Å². The van der Waals surface area contributed by atoms with Gasteiger partial charge in [0, 0.05) is 32.8 Å². The summed E-state index contributed by atoms with van der Waals surface area (Å²) in [6, 6.07) is 0.108. The van der Waals surface area contributed by atoms with E-state index in [4.69, 9.17) is 10.5 Å². The largest absolute Gasteiger partial charge is 0.378 e. The molecule has 1 aromatic rings. The molecule has 0 spiro atoms. The van der Waals surface area contributed by atoms with Gasteiger partial charge < -0.3 is 10.5 Å². The summed E-state index contributed by atoms with van der Waals surface area (Å²) in [6.07, 6.45) is 7.14. The normalized spacial score (nSPS) is 20.4. The minimum absolute atomic E-state index is 0.0433. The quantitative estimate of drug-likeness (QED) is 0.797. The maximum Gasteiger partial charge on any atom is 0.0842 e. The summed E-state index contributed by atoms with van der Waals surface area (Å²) in [5, 5.41) is 7.95. The van der Waals surface area contributed by atoms with Crippen LogP contribution in [-0.4, -0.2) is 33.7 Å². The standard InChI is InChI=1S/C11H20N4O/c1-15-8-10(13-14-15)6-9(12)7-11(16-2)4-3-5-11/h8-9H,3-7,12H2,1-2H3. The Labute approximate surface area is 96.0 Å². The molecular formula is C11H20N4O. The predicted octanol–water partition coefficient (Wildman–Crippen LogP) is 0.644. The van der Waals surface area contributed by atoms with Crippen molar-refractivity contribution < 1.29 is 4.74 Å². The molecule has 1 aliphatic rings. The molecule has 1 unspecified atom stereocenters. The Bertz CT molecular complexity index is 340. The summed E-state index contributed by atoms with van der Waals surface area (Å²) in [4.78, 5) is 0. The zero-order valence-electron chi connectivity index (χ0n) is 10.0. The molecule has 2 rings (SSSR count). The van der Waals surface area contributed by atoms with Gasteiger partial charge in [0.25, 0.3) is 0 Å². The maximum atomic E-state index is 6.13. The van der Waals surface area contributed by atoms with E-state index < -0.39 is 0 Å². The highest BCUT2D eigenvalue weighted by Crippen LogP contribution is 2.38. The van der Waals surface area contributed by atoms with Gasteiger partial charge in [-0.15, -0.1) is 5.10 Å². The lowest BCUT2D eigenvalue weighted by Gasteiger charge is -2.42. The van der Waals surface area contributed by atoms with Crippen molar-refractivity contribution in [2.45, 2.75) is 43.7 Å².